The van der Waals surface area contributed by atoms with Crippen molar-refractivity contribution < 1.29 is 0 Å². The van der Waals surface area contributed by atoms with Gasteiger partial charge in [-0.1, -0.05) is 13.3 Å². The summed E-state index contributed by atoms with van der Waals surface area (Å²) in [4.78, 5) is 4.47. The van der Waals surface area contributed by atoms with Gasteiger partial charge in [0, 0.05) is 22.4 Å². The molecular weight excluding hydrogens is 276 g/mol. The van der Waals surface area contributed by atoms with Gasteiger partial charge in [-0.3, -0.25) is 4.98 Å². The monoisotopic (exact) mass is 296 g/mol. The highest BCUT2D eigenvalue weighted by Gasteiger charge is 2.21. The molecule has 1 N–H and O–H groups in total. The molecule has 0 aromatic carbocycles. The van der Waals surface area contributed by atoms with Crippen LogP contribution in [0.5, 0.6) is 0 Å². The third kappa shape index (κ3) is 4.76. The number of rotatable bonds is 7. The minimum absolute atomic E-state index is 0.731. The highest BCUT2D eigenvalue weighted by atomic mass is 79.9. The summed E-state index contributed by atoms with van der Waals surface area (Å²) in [5, 5.41) is 3.64. The summed E-state index contributed by atoms with van der Waals surface area (Å²) in [5.74, 6) is 0.731. The Morgan fingerprint density at radius 3 is 2.88 bits per heavy atom. The average molecular weight is 297 g/mol. The van der Waals surface area contributed by atoms with Crippen LogP contribution in [0.25, 0.3) is 0 Å². The van der Waals surface area contributed by atoms with Gasteiger partial charge < -0.3 is 5.32 Å². The van der Waals surface area contributed by atoms with Gasteiger partial charge in [-0.25, -0.2) is 0 Å². The SMILES string of the molecule is CCCC(CNC1CC1)Cc1ccc(Br)cn1. The number of nitrogens with one attached hydrogen (secondary N) is 1. The lowest BCUT2D eigenvalue weighted by molar-refractivity contribution is 0.433. The van der Waals surface area contributed by atoms with E-state index in [1.807, 2.05) is 6.20 Å². The van der Waals surface area contributed by atoms with Crippen LogP contribution in [0.4, 0.5) is 0 Å². The van der Waals surface area contributed by atoms with Crippen molar-refractivity contribution in [2.45, 2.75) is 45.1 Å². The number of halogens is 1. The molecular formula is C14H21BrN2. The third-order valence-electron chi connectivity index (χ3n) is 3.26. The minimum Gasteiger partial charge on any atom is -0.314 e. The largest absolute Gasteiger partial charge is 0.314 e. The predicted molar refractivity (Wildman–Crippen MR) is 75.1 cm³/mol. The molecule has 1 aliphatic rings. The van der Waals surface area contributed by atoms with E-state index in [0.717, 1.165) is 29.4 Å². The van der Waals surface area contributed by atoms with Gasteiger partial charge in [0.05, 0.1) is 0 Å². The Hall–Kier alpha value is -0.410. The average Bonchev–Trinajstić information content (AvgIpc) is 3.13. The molecule has 1 atom stereocenters. The molecule has 94 valence electrons. The summed E-state index contributed by atoms with van der Waals surface area (Å²) >= 11 is 3.43. The lowest BCUT2D eigenvalue weighted by Gasteiger charge is -2.16. The highest BCUT2D eigenvalue weighted by Crippen LogP contribution is 2.20. The molecule has 17 heavy (non-hydrogen) atoms. The van der Waals surface area contributed by atoms with Gasteiger partial charge in [-0.15, -0.1) is 0 Å². The molecule has 0 saturated heterocycles. The Bertz CT molecular complexity index is 333. The summed E-state index contributed by atoms with van der Waals surface area (Å²) in [7, 11) is 0. The van der Waals surface area contributed by atoms with Crippen LogP contribution < -0.4 is 5.32 Å². The topological polar surface area (TPSA) is 24.9 Å². The van der Waals surface area contributed by atoms with Crippen LogP contribution in [0.1, 0.15) is 38.3 Å². The molecule has 1 unspecified atom stereocenters. The van der Waals surface area contributed by atoms with Crippen molar-refractivity contribution in [3.8, 4) is 0 Å². The summed E-state index contributed by atoms with van der Waals surface area (Å²) in [6.45, 7) is 3.41. The van der Waals surface area contributed by atoms with E-state index in [-0.39, 0.29) is 0 Å². The maximum atomic E-state index is 4.47. The molecule has 1 aromatic heterocycles. The Morgan fingerprint density at radius 2 is 2.29 bits per heavy atom. The Kier molecular flexibility index (Phi) is 4.99. The second-order valence-corrected chi connectivity index (χ2v) is 5.92. The summed E-state index contributed by atoms with van der Waals surface area (Å²) < 4.78 is 1.06. The van der Waals surface area contributed by atoms with Gasteiger partial charge in [0.1, 0.15) is 0 Å². The molecule has 1 saturated carbocycles. The van der Waals surface area contributed by atoms with Crippen LogP contribution in [0.15, 0.2) is 22.8 Å². The second kappa shape index (κ2) is 6.50. The van der Waals surface area contributed by atoms with Crippen molar-refractivity contribution in [3.63, 3.8) is 0 Å². The molecule has 1 heterocycles. The fourth-order valence-corrected chi connectivity index (χ4v) is 2.36. The Balaban J connectivity index is 1.84. The molecule has 2 rings (SSSR count). The standard InChI is InChI=1S/C14H21BrN2/c1-2-3-11(9-16-13-6-7-13)8-14-5-4-12(15)10-17-14/h4-5,10-11,13,16H,2-3,6-9H2,1H3. The lowest BCUT2D eigenvalue weighted by Crippen LogP contribution is -2.26. The number of pyridine rings is 1. The molecule has 3 heteroatoms. The van der Waals surface area contributed by atoms with Gasteiger partial charge in [0.15, 0.2) is 0 Å². The van der Waals surface area contributed by atoms with Crippen molar-refractivity contribution in [1.29, 1.82) is 0 Å². The molecule has 0 aliphatic heterocycles. The van der Waals surface area contributed by atoms with Crippen molar-refractivity contribution in [2.24, 2.45) is 5.92 Å². The first kappa shape index (κ1) is 13.0. The molecule has 0 spiro atoms. The van der Waals surface area contributed by atoms with Gasteiger partial charge in [0.2, 0.25) is 0 Å². The maximum Gasteiger partial charge on any atom is 0.0413 e. The van der Waals surface area contributed by atoms with Gasteiger partial charge >= 0.3 is 0 Å². The molecule has 0 bridgehead atoms. The van der Waals surface area contributed by atoms with Crippen molar-refractivity contribution in [1.82, 2.24) is 10.3 Å². The summed E-state index contributed by atoms with van der Waals surface area (Å²) in [6, 6.07) is 5.02. The second-order valence-electron chi connectivity index (χ2n) is 5.01. The number of aromatic nitrogens is 1. The number of nitrogens with zero attached hydrogens (tertiary/aromatic N) is 1. The van der Waals surface area contributed by atoms with Crippen LogP contribution >= 0.6 is 15.9 Å². The minimum atomic E-state index is 0.731. The van der Waals surface area contributed by atoms with Crippen molar-refractivity contribution in [2.75, 3.05) is 6.54 Å². The van der Waals surface area contributed by atoms with Crippen molar-refractivity contribution in [3.05, 3.63) is 28.5 Å². The van der Waals surface area contributed by atoms with E-state index in [2.05, 4.69) is 45.3 Å². The van der Waals surface area contributed by atoms with Crippen LogP contribution in [-0.4, -0.2) is 17.6 Å². The van der Waals surface area contributed by atoms with E-state index >= 15 is 0 Å². The van der Waals surface area contributed by atoms with E-state index in [1.54, 1.807) is 0 Å². The normalized spacial score (nSPS) is 17.1. The van der Waals surface area contributed by atoms with E-state index < -0.39 is 0 Å². The fraction of sp³-hybridized carbons (Fsp3) is 0.643. The highest BCUT2D eigenvalue weighted by molar-refractivity contribution is 9.10. The zero-order valence-electron chi connectivity index (χ0n) is 10.5. The first-order chi connectivity index (χ1) is 8.28. The summed E-state index contributed by atoms with van der Waals surface area (Å²) in [6.07, 6.45) is 8.28. The number of hydrogen-bond acceptors (Lipinski definition) is 2. The molecule has 1 fully saturated rings. The number of hydrogen-bond donors (Lipinski definition) is 1. The van der Waals surface area contributed by atoms with E-state index in [1.165, 1.54) is 31.4 Å². The fourth-order valence-electron chi connectivity index (χ4n) is 2.13. The first-order valence-corrected chi connectivity index (χ1v) is 7.41. The lowest BCUT2D eigenvalue weighted by atomic mass is 9.97. The molecule has 0 radical (unpaired) electrons. The smallest absolute Gasteiger partial charge is 0.0413 e. The zero-order valence-corrected chi connectivity index (χ0v) is 12.0. The van der Waals surface area contributed by atoms with Crippen LogP contribution in [0, 0.1) is 5.92 Å². The molecule has 2 nitrogen and oxygen atoms in total. The van der Waals surface area contributed by atoms with Crippen molar-refractivity contribution >= 4 is 15.9 Å². The van der Waals surface area contributed by atoms with Crippen LogP contribution in [0.3, 0.4) is 0 Å². The first-order valence-electron chi connectivity index (χ1n) is 6.61. The molecule has 1 aromatic rings. The maximum absolute atomic E-state index is 4.47. The third-order valence-corrected chi connectivity index (χ3v) is 3.73. The summed E-state index contributed by atoms with van der Waals surface area (Å²) in [5.41, 5.74) is 1.21. The van der Waals surface area contributed by atoms with Crippen LogP contribution in [-0.2, 0) is 6.42 Å². The Labute approximate surface area is 112 Å². The van der Waals surface area contributed by atoms with E-state index in [9.17, 15) is 0 Å². The van der Waals surface area contributed by atoms with Gasteiger partial charge in [0.25, 0.3) is 0 Å². The Morgan fingerprint density at radius 1 is 1.47 bits per heavy atom. The van der Waals surface area contributed by atoms with Gasteiger partial charge in [-0.2, -0.15) is 0 Å². The quantitative estimate of drug-likeness (QED) is 0.832. The van der Waals surface area contributed by atoms with Crippen LogP contribution in [0.2, 0.25) is 0 Å². The van der Waals surface area contributed by atoms with E-state index in [0.29, 0.717) is 0 Å². The predicted octanol–water partition coefficient (Wildman–Crippen LogP) is 3.55. The molecule has 1 aliphatic carbocycles. The van der Waals surface area contributed by atoms with Gasteiger partial charge in [-0.05, 0) is 66.2 Å². The zero-order chi connectivity index (χ0) is 12.1. The van der Waals surface area contributed by atoms with E-state index in [4.69, 9.17) is 0 Å². The molecule has 0 amide bonds.